The number of benzene rings is 1. The number of amides is 1. The Labute approximate surface area is 143 Å². The summed E-state index contributed by atoms with van der Waals surface area (Å²) in [5.41, 5.74) is 0.876. The average molecular weight is 352 g/mol. The predicted octanol–water partition coefficient (Wildman–Crippen LogP) is 3.08. The van der Waals surface area contributed by atoms with Gasteiger partial charge in [-0.15, -0.1) is 0 Å². The van der Waals surface area contributed by atoms with Crippen molar-refractivity contribution < 1.29 is 18.0 Å². The lowest BCUT2D eigenvalue weighted by Gasteiger charge is -2.28. The van der Waals surface area contributed by atoms with Gasteiger partial charge in [-0.05, 0) is 24.6 Å². The van der Waals surface area contributed by atoms with E-state index in [1.54, 1.807) is 6.20 Å². The number of carbonyl (C=O) groups excluding carboxylic acids is 1. The average Bonchev–Trinajstić information content (AvgIpc) is 3.02. The molecule has 1 aromatic carbocycles. The normalized spacial score (nSPS) is 22.5. The smallest absolute Gasteiger partial charge is 0.344 e. The van der Waals surface area contributed by atoms with Gasteiger partial charge in [0.2, 0.25) is 5.91 Å². The second kappa shape index (κ2) is 6.51. The quantitative estimate of drug-likeness (QED) is 0.795. The molecule has 1 aliphatic rings. The van der Waals surface area contributed by atoms with E-state index in [1.165, 1.54) is 12.1 Å². The first-order valence-corrected chi connectivity index (χ1v) is 8.01. The third-order valence-electron chi connectivity index (χ3n) is 4.37. The summed E-state index contributed by atoms with van der Waals surface area (Å²) in [4.78, 5) is 19.2. The van der Waals surface area contributed by atoms with Crippen LogP contribution in [0.15, 0.2) is 30.5 Å². The maximum absolute atomic E-state index is 12.7. The maximum Gasteiger partial charge on any atom is 0.416 e. The van der Waals surface area contributed by atoms with E-state index >= 15 is 0 Å². The van der Waals surface area contributed by atoms with Gasteiger partial charge in [0.05, 0.1) is 17.8 Å². The molecule has 5 nitrogen and oxygen atoms in total. The third-order valence-corrected chi connectivity index (χ3v) is 4.37. The van der Waals surface area contributed by atoms with Crippen molar-refractivity contribution in [3.63, 3.8) is 0 Å². The summed E-state index contributed by atoms with van der Waals surface area (Å²) in [5, 5.41) is 6.00. The second-order valence-electron chi connectivity index (χ2n) is 6.28. The molecule has 1 saturated heterocycles. The van der Waals surface area contributed by atoms with Crippen molar-refractivity contribution in [2.24, 2.45) is 0 Å². The number of aromatic amines is 1. The van der Waals surface area contributed by atoms with Crippen molar-refractivity contribution in [3.05, 3.63) is 53.1 Å². The topological polar surface area (TPSA) is 69.8 Å². The van der Waals surface area contributed by atoms with Gasteiger partial charge in [0, 0.05) is 24.2 Å². The van der Waals surface area contributed by atoms with Gasteiger partial charge in [0.15, 0.2) is 0 Å². The van der Waals surface area contributed by atoms with Gasteiger partial charge in [0.1, 0.15) is 5.82 Å². The van der Waals surface area contributed by atoms with Crippen LogP contribution in [0.4, 0.5) is 13.2 Å². The zero-order valence-electron chi connectivity index (χ0n) is 13.8. The number of H-pyrrole nitrogens is 1. The van der Waals surface area contributed by atoms with Crippen LogP contribution in [0, 0.1) is 0 Å². The number of alkyl halides is 3. The summed E-state index contributed by atoms with van der Waals surface area (Å²) in [6.07, 6.45) is -2.54. The first kappa shape index (κ1) is 17.5. The SMILES string of the molecule is CC1NC(=O)CC(c2ncc(C(C)c3ccc(C(F)(F)F)cc3)[nH]2)N1. The van der Waals surface area contributed by atoms with Gasteiger partial charge in [-0.3, -0.25) is 10.1 Å². The van der Waals surface area contributed by atoms with Crippen LogP contribution in [0.1, 0.15) is 54.9 Å². The molecular weight excluding hydrogens is 333 g/mol. The molecule has 1 aromatic heterocycles. The minimum absolute atomic E-state index is 0.0509. The molecule has 3 atom stereocenters. The number of rotatable bonds is 3. The molecule has 2 aromatic rings. The molecule has 3 unspecified atom stereocenters. The minimum atomic E-state index is -4.34. The van der Waals surface area contributed by atoms with E-state index in [-0.39, 0.29) is 30.5 Å². The summed E-state index contributed by atoms with van der Waals surface area (Å²) in [7, 11) is 0. The highest BCUT2D eigenvalue weighted by Gasteiger charge is 2.30. The first-order valence-electron chi connectivity index (χ1n) is 8.01. The number of carbonyl (C=O) groups is 1. The van der Waals surface area contributed by atoms with E-state index in [4.69, 9.17) is 0 Å². The van der Waals surface area contributed by atoms with E-state index in [2.05, 4.69) is 20.6 Å². The van der Waals surface area contributed by atoms with E-state index in [9.17, 15) is 18.0 Å². The van der Waals surface area contributed by atoms with Gasteiger partial charge in [-0.2, -0.15) is 13.2 Å². The van der Waals surface area contributed by atoms with Gasteiger partial charge in [-0.1, -0.05) is 19.1 Å². The highest BCUT2D eigenvalue weighted by Crippen LogP contribution is 2.31. The van der Waals surface area contributed by atoms with Crippen molar-refractivity contribution in [1.82, 2.24) is 20.6 Å². The highest BCUT2D eigenvalue weighted by molar-refractivity contribution is 5.77. The van der Waals surface area contributed by atoms with Crippen LogP contribution in [0.25, 0.3) is 0 Å². The fraction of sp³-hybridized carbons (Fsp3) is 0.412. The van der Waals surface area contributed by atoms with Crippen molar-refractivity contribution in [2.75, 3.05) is 0 Å². The molecule has 134 valence electrons. The number of hydrogen-bond donors (Lipinski definition) is 3. The third kappa shape index (κ3) is 3.84. The Morgan fingerprint density at radius 2 is 1.92 bits per heavy atom. The summed E-state index contributed by atoms with van der Waals surface area (Å²) in [6.45, 7) is 3.74. The molecule has 2 heterocycles. The van der Waals surface area contributed by atoms with Gasteiger partial charge in [-0.25, -0.2) is 4.98 Å². The highest BCUT2D eigenvalue weighted by atomic mass is 19.4. The molecule has 8 heteroatoms. The number of nitrogens with zero attached hydrogens (tertiary/aromatic N) is 1. The summed E-state index contributed by atoms with van der Waals surface area (Å²) in [6, 6.07) is 4.90. The molecule has 0 aliphatic carbocycles. The van der Waals surface area contributed by atoms with Crippen LogP contribution in [0.2, 0.25) is 0 Å². The number of hydrogen-bond acceptors (Lipinski definition) is 3. The van der Waals surface area contributed by atoms with E-state index in [0.717, 1.165) is 23.4 Å². The molecule has 25 heavy (non-hydrogen) atoms. The fourth-order valence-electron chi connectivity index (χ4n) is 2.95. The molecule has 3 rings (SSSR count). The second-order valence-corrected chi connectivity index (χ2v) is 6.28. The largest absolute Gasteiger partial charge is 0.416 e. The van der Waals surface area contributed by atoms with E-state index < -0.39 is 11.7 Å². The predicted molar refractivity (Wildman–Crippen MR) is 85.6 cm³/mol. The Kier molecular flexibility index (Phi) is 4.55. The summed E-state index contributed by atoms with van der Waals surface area (Å²) >= 11 is 0. The number of imidazole rings is 1. The molecule has 0 bridgehead atoms. The summed E-state index contributed by atoms with van der Waals surface area (Å²) < 4.78 is 38.0. The molecule has 0 radical (unpaired) electrons. The van der Waals surface area contributed by atoms with Crippen LogP contribution in [-0.4, -0.2) is 22.0 Å². The van der Waals surface area contributed by atoms with E-state index in [0.29, 0.717) is 5.82 Å². The van der Waals surface area contributed by atoms with Gasteiger partial charge in [0.25, 0.3) is 0 Å². The molecule has 0 saturated carbocycles. The monoisotopic (exact) mass is 352 g/mol. The van der Waals surface area contributed by atoms with Crippen LogP contribution < -0.4 is 10.6 Å². The Bertz CT molecular complexity index is 754. The minimum Gasteiger partial charge on any atom is -0.344 e. The zero-order valence-corrected chi connectivity index (χ0v) is 13.8. The number of halogens is 3. The standard InChI is InChI=1S/C17H19F3N4O/c1-9(11-3-5-12(6-4-11)17(18,19)20)14-8-21-16(24-14)13-7-15(25)23-10(2)22-13/h3-6,8-10,13,22H,7H2,1-2H3,(H,21,24)(H,23,25). The van der Waals surface area contributed by atoms with Gasteiger partial charge >= 0.3 is 6.18 Å². The molecule has 0 spiro atoms. The van der Waals surface area contributed by atoms with Crippen LogP contribution in [0.3, 0.4) is 0 Å². The lowest BCUT2D eigenvalue weighted by molar-refractivity contribution is -0.137. The molecule has 1 amide bonds. The Morgan fingerprint density at radius 3 is 2.52 bits per heavy atom. The van der Waals surface area contributed by atoms with Crippen molar-refractivity contribution in [1.29, 1.82) is 0 Å². The van der Waals surface area contributed by atoms with Crippen LogP contribution in [0.5, 0.6) is 0 Å². The molecule has 1 fully saturated rings. The van der Waals surface area contributed by atoms with Crippen LogP contribution >= 0.6 is 0 Å². The molecule has 1 aliphatic heterocycles. The van der Waals surface area contributed by atoms with E-state index in [1.807, 2.05) is 13.8 Å². The maximum atomic E-state index is 12.7. The number of nitrogens with one attached hydrogen (secondary N) is 3. The lowest BCUT2D eigenvalue weighted by Crippen LogP contribution is -2.51. The Morgan fingerprint density at radius 1 is 1.24 bits per heavy atom. The molecule has 3 N–H and O–H groups in total. The fourth-order valence-corrected chi connectivity index (χ4v) is 2.95. The van der Waals surface area contributed by atoms with Crippen molar-refractivity contribution in [3.8, 4) is 0 Å². The van der Waals surface area contributed by atoms with Crippen molar-refractivity contribution >= 4 is 5.91 Å². The Hall–Kier alpha value is -2.35. The first-order chi connectivity index (χ1) is 11.7. The lowest BCUT2D eigenvalue weighted by atomic mass is 9.97. The number of aromatic nitrogens is 2. The molecular formula is C17H19F3N4O. The Balaban J connectivity index is 1.76. The van der Waals surface area contributed by atoms with Crippen molar-refractivity contribution in [2.45, 2.75) is 44.6 Å². The zero-order chi connectivity index (χ0) is 18.2. The van der Waals surface area contributed by atoms with Gasteiger partial charge < -0.3 is 10.3 Å². The van der Waals surface area contributed by atoms with Crippen LogP contribution in [-0.2, 0) is 11.0 Å². The summed E-state index contributed by atoms with van der Waals surface area (Å²) in [5.74, 6) is 0.457.